The van der Waals surface area contributed by atoms with E-state index in [4.69, 9.17) is 0 Å². The number of anilines is 1. The molecule has 8 nitrogen and oxygen atoms in total. The summed E-state index contributed by atoms with van der Waals surface area (Å²) in [5.74, 6) is -2.24. The lowest BCUT2D eigenvalue weighted by Crippen LogP contribution is -2.27. The molecular formula is C21H14F3N7O. The van der Waals surface area contributed by atoms with E-state index in [2.05, 4.69) is 30.2 Å². The van der Waals surface area contributed by atoms with Crippen LogP contribution in [0.4, 0.5) is 19.0 Å². The van der Waals surface area contributed by atoms with Crippen molar-refractivity contribution in [2.24, 2.45) is 0 Å². The van der Waals surface area contributed by atoms with Gasteiger partial charge in [-0.2, -0.15) is 0 Å². The molecule has 0 aliphatic carbocycles. The number of rotatable bonds is 4. The van der Waals surface area contributed by atoms with E-state index in [1.807, 2.05) is 0 Å². The summed E-state index contributed by atoms with van der Waals surface area (Å²) < 4.78 is 42.4. The third-order valence-corrected chi connectivity index (χ3v) is 4.98. The van der Waals surface area contributed by atoms with Gasteiger partial charge in [0.05, 0.1) is 29.0 Å². The lowest BCUT2D eigenvalue weighted by Gasteiger charge is -2.20. The van der Waals surface area contributed by atoms with E-state index in [0.717, 1.165) is 22.8 Å². The molecule has 0 radical (unpaired) electrons. The first-order chi connectivity index (χ1) is 15.4. The lowest BCUT2D eigenvalue weighted by molar-refractivity contribution is 0.507. The van der Waals surface area contributed by atoms with Gasteiger partial charge in [0.2, 0.25) is 0 Å². The summed E-state index contributed by atoms with van der Waals surface area (Å²) in [6.07, 6.45) is 2.81. The molecule has 2 N–H and O–H groups in total. The van der Waals surface area contributed by atoms with Gasteiger partial charge in [-0.15, -0.1) is 0 Å². The first-order valence-electron chi connectivity index (χ1n) is 9.50. The molecule has 5 rings (SSSR count). The molecule has 1 atom stereocenters. The van der Waals surface area contributed by atoms with E-state index in [9.17, 15) is 18.0 Å². The number of H-pyrrole nitrogens is 1. The third kappa shape index (κ3) is 3.23. The number of aromatic amines is 1. The van der Waals surface area contributed by atoms with Gasteiger partial charge in [0.15, 0.2) is 23.1 Å². The van der Waals surface area contributed by atoms with Crippen molar-refractivity contribution >= 4 is 27.9 Å². The number of aromatic nitrogens is 6. The van der Waals surface area contributed by atoms with Crippen LogP contribution in [-0.4, -0.2) is 29.5 Å². The van der Waals surface area contributed by atoms with Gasteiger partial charge in [-0.25, -0.2) is 33.1 Å². The van der Waals surface area contributed by atoms with Gasteiger partial charge in [0.25, 0.3) is 5.56 Å². The van der Waals surface area contributed by atoms with Gasteiger partial charge in [-0.1, -0.05) is 0 Å². The van der Waals surface area contributed by atoms with Crippen molar-refractivity contribution in [2.45, 2.75) is 13.0 Å². The minimum absolute atomic E-state index is 0.00223. The maximum atomic E-state index is 14.0. The van der Waals surface area contributed by atoms with E-state index < -0.39 is 29.1 Å². The number of nitrogens with one attached hydrogen (secondary N) is 2. The highest BCUT2D eigenvalue weighted by Crippen LogP contribution is 2.24. The summed E-state index contributed by atoms with van der Waals surface area (Å²) in [6, 6.07) is 6.04. The fraction of sp³-hybridized carbons (Fsp3) is 0.0952. The molecule has 0 aliphatic heterocycles. The number of halogens is 3. The van der Waals surface area contributed by atoms with Gasteiger partial charge < -0.3 is 10.3 Å². The quantitative estimate of drug-likeness (QED) is 0.445. The number of fused-ring (bicyclic) bond motifs is 2. The fourth-order valence-electron chi connectivity index (χ4n) is 3.48. The third-order valence-electron chi connectivity index (χ3n) is 4.98. The van der Waals surface area contributed by atoms with Crippen LogP contribution in [0.5, 0.6) is 0 Å². The molecule has 0 saturated carbocycles. The van der Waals surface area contributed by atoms with Gasteiger partial charge in [0, 0.05) is 6.07 Å². The van der Waals surface area contributed by atoms with Gasteiger partial charge >= 0.3 is 0 Å². The Morgan fingerprint density at radius 1 is 1.03 bits per heavy atom. The van der Waals surface area contributed by atoms with Crippen LogP contribution < -0.4 is 10.9 Å². The molecule has 0 spiro atoms. The molecule has 3 heterocycles. The monoisotopic (exact) mass is 437 g/mol. The average molecular weight is 437 g/mol. The molecule has 160 valence electrons. The molecule has 0 amide bonds. The minimum atomic E-state index is -1.13. The molecule has 0 saturated heterocycles. The zero-order valence-corrected chi connectivity index (χ0v) is 16.5. The van der Waals surface area contributed by atoms with E-state index in [1.165, 1.54) is 30.9 Å². The highest BCUT2D eigenvalue weighted by Gasteiger charge is 2.21. The predicted molar refractivity (Wildman–Crippen MR) is 111 cm³/mol. The van der Waals surface area contributed by atoms with Crippen molar-refractivity contribution in [3.8, 4) is 5.69 Å². The molecule has 3 aromatic heterocycles. The zero-order chi connectivity index (χ0) is 22.4. The van der Waals surface area contributed by atoms with Crippen LogP contribution in [0.1, 0.15) is 18.8 Å². The second-order valence-electron chi connectivity index (χ2n) is 7.06. The lowest BCUT2D eigenvalue weighted by atomic mass is 10.2. The van der Waals surface area contributed by atoms with Crippen molar-refractivity contribution in [3.05, 3.63) is 82.7 Å². The van der Waals surface area contributed by atoms with Crippen LogP contribution in [0.15, 0.2) is 53.8 Å². The van der Waals surface area contributed by atoms with Gasteiger partial charge in [0.1, 0.15) is 23.5 Å². The number of imidazole rings is 1. The van der Waals surface area contributed by atoms with Gasteiger partial charge in [-0.05, 0) is 37.3 Å². The highest BCUT2D eigenvalue weighted by atomic mass is 19.2. The van der Waals surface area contributed by atoms with Crippen LogP contribution in [0.3, 0.4) is 0 Å². The minimum Gasteiger partial charge on any atom is -0.358 e. The molecular weight excluding hydrogens is 423 g/mol. The van der Waals surface area contributed by atoms with Crippen molar-refractivity contribution in [2.75, 3.05) is 5.32 Å². The number of benzene rings is 2. The topological polar surface area (TPSA) is 101 Å². The summed E-state index contributed by atoms with van der Waals surface area (Å²) in [7, 11) is 0. The van der Waals surface area contributed by atoms with E-state index in [0.29, 0.717) is 17.0 Å². The number of nitrogens with zero attached hydrogens (tertiary/aromatic N) is 5. The number of hydrogen-bond acceptors (Lipinski definition) is 6. The molecule has 11 heteroatoms. The predicted octanol–water partition coefficient (Wildman–Crippen LogP) is 3.64. The standard InChI is InChI=1S/C21H14F3N7O/c1-10(29-19-17-18(26-8-25-17)27-9-28-19)20-30-16-5-2-11(22)6-13(16)21(32)31(20)12-3-4-14(23)15(24)7-12/h2-10H,1H3,(H2,25,26,27,28,29)/t10-/m0/s1. The summed E-state index contributed by atoms with van der Waals surface area (Å²) in [6.45, 7) is 1.72. The van der Waals surface area contributed by atoms with Gasteiger partial charge in [-0.3, -0.25) is 9.36 Å². The Kier molecular flexibility index (Phi) is 4.58. The second-order valence-corrected chi connectivity index (χ2v) is 7.06. The van der Waals surface area contributed by atoms with Crippen LogP contribution >= 0.6 is 0 Å². The Labute approximate surface area is 177 Å². The SMILES string of the molecule is C[C@H](Nc1ncnc2[nH]cnc12)c1nc2ccc(F)cc2c(=O)n1-c1ccc(F)c(F)c1. The summed E-state index contributed by atoms with van der Waals surface area (Å²) in [4.78, 5) is 33.1. The Hall–Kier alpha value is -4.28. The van der Waals surface area contributed by atoms with Crippen molar-refractivity contribution < 1.29 is 13.2 Å². The van der Waals surface area contributed by atoms with E-state index in [-0.39, 0.29) is 22.4 Å². The molecule has 32 heavy (non-hydrogen) atoms. The zero-order valence-electron chi connectivity index (χ0n) is 16.5. The van der Waals surface area contributed by atoms with Crippen molar-refractivity contribution in [1.82, 2.24) is 29.5 Å². The Morgan fingerprint density at radius 3 is 2.69 bits per heavy atom. The average Bonchev–Trinajstić information content (AvgIpc) is 3.26. The Balaban J connectivity index is 1.71. The van der Waals surface area contributed by atoms with Crippen molar-refractivity contribution in [1.29, 1.82) is 0 Å². The van der Waals surface area contributed by atoms with Crippen molar-refractivity contribution in [3.63, 3.8) is 0 Å². The molecule has 0 bridgehead atoms. The number of hydrogen-bond donors (Lipinski definition) is 2. The first-order valence-corrected chi connectivity index (χ1v) is 9.50. The molecule has 0 unspecified atom stereocenters. The largest absolute Gasteiger partial charge is 0.358 e. The molecule has 2 aromatic carbocycles. The van der Waals surface area contributed by atoms with E-state index in [1.54, 1.807) is 6.92 Å². The second kappa shape index (κ2) is 7.45. The van der Waals surface area contributed by atoms with Crippen LogP contribution in [0.25, 0.3) is 27.8 Å². The summed E-state index contributed by atoms with van der Waals surface area (Å²) >= 11 is 0. The van der Waals surface area contributed by atoms with Crippen LogP contribution in [-0.2, 0) is 0 Å². The Morgan fingerprint density at radius 2 is 1.88 bits per heavy atom. The summed E-state index contributed by atoms with van der Waals surface area (Å²) in [5, 5.41) is 3.13. The smallest absolute Gasteiger partial charge is 0.266 e. The maximum Gasteiger partial charge on any atom is 0.266 e. The van der Waals surface area contributed by atoms with E-state index >= 15 is 0 Å². The van der Waals surface area contributed by atoms with Crippen LogP contribution in [0, 0.1) is 17.5 Å². The molecule has 0 aliphatic rings. The molecule has 5 aromatic rings. The maximum absolute atomic E-state index is 14.0. The highest BCUT2D eigenvalue weighted by molar-refractivity contribution is 5.82. The summed E-state index contributed by atoms with van der Waals surface area (Å²) in [5.41, 5.74) is 0.658. The normalized spacial score (nSPS) is 12.4. The Bertz CT molecular complexity index is 1550. The first kappa shape index (κ1) is 19.7. The molecule has 0 fully saturated rings. The van der Waals surface area contributed by atoms with Crippen LogP contribution in [0.2, 0.25) is 0 Å². The fourth-order valence-corrected chi connectivity index (χ4v) is 3.48.